The number of methoxy groups -OCH3 is 1. The van der Waals surface area contributed by atoms with Crippen molar-refractivity contribution in [3.8, 4) is 5.75 Å². The van der Waals surface area contributed by atoms with Gasteiger partial charge in [-0.05, 0) is 42.5 Å². The largest absolute Gasteiger partial charge is 0.480 e. The van der Waals surface area contributed by atoms with Crippen LogP contribution in [0, 0.1) is 0 Å². The summed E-state index contributed by atoms with van der Waals surface area (Å²) in [4.78, 5) is 24.7. The number of para-hydroxylation sites is 2. The van der Waals surface area contributed by atoms with E-state index in [1.807, 2.05) is 31.2 Å². The molecule has 5 heteroatoms. The molecule has 0 spiro atoms. The average molecular weight is 369 g/mol. The van der Waals surface area contributed by atoms with E-state index in [0.717, 1.165) is 17.7 Å². The summed E-state index contributed by atoms with van der Waals surface area (Å²) in [6, 6.07) is 14.5. The number of benzene rings is 2. The molecular formula is C22H27NO4. The first kappa shape index (κ1) is 20.5. The minimum atomic E-state index is -0.666. The van der Waals surface area contributed by atoms with Gasteiger partial charge in [0.05, 0.1) is 18.4 Å². The fourth-order valence-electron chi connectivity index (χ4n) is 2.78. The standard InChI is InChI=1S/C22H27NO4/c1-5-15(3)16-11-8-10-14-20(16)27-19(6-2)21(24)23-18-13-9-7-12-17(18)22(25)26-4/h7-15,19H,5-6H2,1-4H3,(H,23,24). The number of carbonyl (C=O) groups excluding carboxylic acids is 2. The Kier molecular flexibility index (Phi) is 7.41. The van der Waals surface area contributed by atoms with Gasteiger partial charge in [-0.2, -0.15) is 0 Å². The zero-order valence-electron chi connectivity index (χ0n) is 16.3. The molecule has 0 saturated carbocycles. The highest BCUT2D eigenvalue weighted by Gasteiger charge is 2.22. The lowest BCUT2D eigenvalue weighted by atomic mass is 9.98. The Hall–Kier alpha value is -2.82. The van der Waals surface area contributed by atoms with Crippen LogP contribution in [0.2, 0.25) is 0 Å². The van der Waals surface area contributed by atoms with E-state index in [0.29, 0.717) is 23.6 Å². The molecule has 2 aromatic rings. The first-order valence-corrected chi connectivity index (χ1v) is 9.25. The van der Waals surface area contributed by atoms with E-state index in [1.54, 1.807) is 24.3 Å². The average Bonchev–Trinajstić information content (AvgIpc) is 2.71. The molecule has 0 saturated heterocycles. The van der Waals surface area contributed by atoms with Crippen LogP contribution in [0.3, 0.4) is 0 Å². The van der Waals surface area contributed by atoms with E-state index in [-0.39, 0.29) is 5.91 Å². The van der Waals surface area contributed by atoms with Gasteiger partial charge in [0.1, 0.15) is 5.75 Å². The second-order valence-electron chi connectivity index (χ2n) is 6.39. The monoisotopic (exact) mass is 369 g/mol. The maximum absolute atomic E-state index is 12.8. The molecule has 0 heterocycles. The van der Waals surface area contributed by atoms with E-state index in [4.69, 9.17) is 9.47 Å². The van der Waals surface area contributed by atoms with Crippen molar-refractivity contribution in [1.82, 2.24) is 0 Å². The van der Waals surface area contributed by atoms with Gasteiger partial charge < -0.3 is 14.8 Å². The third-order valence-electron chi connectivity index (χ3n) is 4.58. The summed E-state index contributed by atoms with van der Waals surface area (Å²) in [5.41, 5.74) is 1.80. The van der Waals surface area contributed by atoms with E-state index >= 15 is 0 Å². The summed E-state index contributed by atoms with van der Waals surface area (Å²) >= 11 is 0. The number of amides is 1. The van der Waals surface area contributed by atoms with Gasteiger partial charge in [-0.25, -0.2) is 4.79 Å². The van der Waals surface area contributed by atoms with Crippen LogP contribution < -0.4 is 10.1 Å². The zero-order valence-corrected chi connectivity index (χ0v) is 16.3. The maximum Gasteiger partial charge on any atom is 0.339 e. The third-order valence-corrected chi connectivity index (χ3v) is 4.58. The van der Waals surface area contributed by atoms with Crippen molar-refractivity contribution in [2.45, 2.75) is 45.6 Å². The lowest BCUT2D eigenvalue weighted by Crippen LogP contribution is -2.33. The third kappa shape index (κ3) is 5.09. The highest BCUT2D eigenvalue weighted by Crippen LogP contribution is 2.29. The summed E-state index contributed by atoms with van der Waals surface area (Å²) in [6.07, 6.45) is 0.817. The fourth-order valence-corrected chi connectivity index (χ4v) is 2.78. The Morgan fingerprint density at radius 1 is 1.00 bits per heavy atom. The molecule has 144 valence electrons. The normalized spacial score (nSPS) is 12.7. The van der Waals surface area contributed by atoms with Crippen molar-refractivity contribution in [1.29, 1.82) is 0 Å². The topological polar surface area (TPSA) is 64.6 Å². The van der Waals surface area contributed by atoms with Crippen molar-refractivity contribution in [3.63, 3.8) is 0 Å². The number of nitrogens with one attached hydrogen (secondary N) is 1. The maximum atomic E-state index is 12.8. The van der Waals surface area contributed by atoms with E-state index in [1.165, 1.54) is 7.11 Å². The predicted molar refractivity (Wildman–Crippen MR) is 106 cm³/mol. The predicted octanol–water partition coefficient (Wildman–Crippen LogP) is 4.78. The summed E-state index contributed by atoms with van der Waals surface area (Å²) in [6.45, 7) is 6.15. The molecule has 1 amide bonds. The first-order valence-electron chi connectivity index (χ1n) is 9.25. The second kappa shape index (κ2) is 9.76. The molecule has 2 unspecified atom stereocenters. The molecule has 0 aliphatic rings. The van der Waals surface area contributed by atoms with Crippen LogP contribution in [0.4, 0.5) is 5.69 Å². The number of rotatable bonds is 8. The van der Waals surface area contributed by atoms with E-state index in [2.05, 4.69) is 19.2 Å². The SMILES string of the molecule is CCC(Oc1ccccc1C(C)CC)C(=O)Nc1ccccc1C(=O)OC. The van der Waals surface area contributed by atoms with Crippen LogP contribution in [0.1, 0.15) is 55.5 Å². The molecule has 0 aliphatic carbocycles. The molecule has 2 atom stereocenters. The van der Waals surface area contributed by atoms with E-state index in [9.17, 15) is 9.59 Å². The van der Waals surface area contributed by atoms with Gasteiger partial charge in [0.15, 0.2) is 6.10 Å². The van der Waals surface area contributed by atoms with Gasteiger partial charge in [-0.15, -0.1) is 0 Å². The number of hydrogen-bond acceptors (Lipinski definition) is 4. The van der Waals surface area contributed by atoms with Crippen molar-refractivity contribution in [3.05, 3.63) is 59.7 Å². The minimum Gasteiger partial charge on any atom is -0.480 e. The summed E-state index contributed by atoms with van der Waals surface area (Å²) in [5, 5.41) is 2.79. The Morgan fingerprint density at radius 3 is 2.33 bits per heavy atom. The van der Waals surface area contributed by atoms with Crippen LogP contribution in [0.25, 0.3) is 0 Å². The van der Waals surface area contributed by atoms with E-state index < -0.39 is 12.1 Å². The summed E-state index contributed by atoms with van der Waals surface area (Å²) in [7, 11) is 1.31. The Labute approximate surface area is 160 Å². The number of carbonyl (C=O) groups is 2. The molecule has 0 fully saturated rings. The zero-order chi connectivity index (χ0) is 19.8. The lowest BCUT2D eigenvalue weighted by molar-refractivity contribution is -0.122. The molecule has 0 bridgehead atoms. The van der Waals surface area contributed by atoms with Crippen molar-refractivity contribution >= 4 is 17.6 Å². The smallest absolute Gasteiger partial charge is 0.339 e. The molecule has 2 rings (SSSR count). The summed E-state index contributed by atoms with van der Waals surface area (Å²) in [5.74, 6) is 0.256. The van der Waals surface area contributed by atoms with Crippen LogP contribution >= 0.6 is 0 Å². The molecule has 2 aromatic carbocycles. The van der Waals surface area contributed by atoms with Crippen LogP contribution in [-0.2, 0) is 9.53 Å². The van der Waals surface area contributed by atoms with Crippen LogP contribution in [0.15, 0.2) is 48.5 Å². The number of esters is 1. The van der Waals surface area contributed by atoms with Crippen LogP contribution in [-0.4, -0.2) is 25.1 Å². The number of ether oxygens (including phenoxy) is 2. The van der Waals surface area contributed by atoms with Crippen molar-refractivity contribution in [2.75, 3.05) is 12.4 Å². The molecule has 0 aromatic heterocycles. The lowest BCUT2D eigenvalue weighted by Gasteiger charge is -2.21. The number of hydrogen-bond donors (Lipinski definition) is 1. The second-order valence-corrected chi connectivity index (χ2v) is 6.39. The van der Waals surface area contributed by atoms with Crippen molar-refractivity contribution < 1.29 is 19.1 Å². The molecule has 0 aliphatic heterocycles. The van der Waals surface area contributed by atoms with Crippen molar-refractivity contribution in [2.24, 2.45) is 0 Å². The van der Waals surface area contributed by atoms with Gasteiger partial charge in [0.25, 0.3) is 5.91 Å². The van der Waals surface area contributed by atoms with Gasteiger partial charge >= 0.3 is 5.97 Å². The quantitative estimate of drug-likeness (QED) is 0.680. The highest BCUT2D eigenvalue weighted by molar-refractivity contribution is 6.02. The Bertz CT molecular complexity index is 787. The highest BCUT2D eigenvalue weighted by atomic mass is 16.5. The summed E-state index contributed by atoms with van der Waals surface area (Å²) < 4.78 is 10.8. The van der Waals surface area contributed by atoms with Gasteiger partial charge in [-0.1, -0.05) is 51.1 Å². The van der Waals surface area contributed by atoms with Crippen LogP contribution in [0.5, 0.6) is 5.75 Å². The Balaban J connectivity index is 2.20. The van der Waals surface area contributed by atoms with Gasteiger partial charge in [-0.3, -0.25) is 4.79 Å². The van der Waals surface area contributed by atoms with Gasteiger partial charge in [0.2, 0.25) is 0 Å². The fraction of sp³-hybridized carbons (Fsp3) is 0.364. The van der Waals surface area contributed by atoms with Gasteiger partial charge in [0, 0.05) is 0 Å². The molecular weight excluding hydrogens is 342 g/mol. The molecule has 27 heavy (non-hydrogen) atoms. The molecule has 0 radical (unpaired) electrons. The minimum absolute atomic E-state index is 0.298. The Morgan fingerprint density at radius 2 is 1.67 bits per heavy atom. The first-order chi connectivity index (χ1) is 13.0. The number of anilines is 1. The molecule has 1 N–H and O–H groups in total. The molecule has 5 nitrogen and oxygen atoms in total.